The number of carbonyl (C=O) groups excluding carboxylic acids is 1. The van der Waals surface area contributed by atoms with E-state index in [0.29, 0.717) is 23.0 Å². The second-order valence-electron chi connectivity index (χ2n) is 6.03. The first-order chi connectivity index (χ1) is 14.6. The first-order valence-electron chi connectivity index (χ1n) is 8.87. The standard InChI is InChI=1S/C19H21N7O3S/c1-29-16-8-7-14(9-15(16)27)11-22-23-18-24-25-19(26(18)20)30-12-17(28)21-10-13-5-3-2-4-6-13/h2-9,11,27H,10,12,20H2,1H3,(H,21,28)(H,23,24)/b22-11+. The zero-order valence-electron chi connectivity index (χ0n) is 16.1. The number of amides is 1. The van der Waals surface area contributed by atoms with Crippen LogP contribution in [0.2, 0.25) is 0 Å². The van der Waals surface area contributed by atoms with E-state index in [1.165, 1.54) is 24.1 Å². The Kier molecular flexibility index (Phi) is 7.11. The van der Waals surface area contributed by atoms with Gasteiger partial charge in [0.05, 0.1) is 19.1 Å². The number of nitrogens with one attached hydrogen (secondary N) is 2. The van der Waals surface area contributed by atoms with Crippen molar-refractivity contribution in [2.24, 2.45) is 5.10 Å². The highest BCUT2D eigenvalue weighted by Crippen LogP contribution is 2.25. The molecule has 0 bridgehead atoms. The van der Waals surface area contributed by atoms with E-state index in [1.807, 2.05) is 30.3 Å². The lowest BCUT2D eigenvalue weighted by Gasteiger charge is -2.05. The molecule has 1 aromatic heterocycles. The number of nitrogens with two attached hydrogens (primary N) is 1. The quantitative estimate of drug-likeness (QED) is 0.175. The maximum absolute atomic E-state index is 12.0. The molecule has 0 radical (unpaired) electrons. The number of hydrogen-bond acceptors (Lipinski definition) is 9. The van der Waals surface area contributed by atoms with Gasteiger partial charge in [-0.05, 0) is 29.3 Å². The van der Waals surface area contributed by atoms with Crippen molar-refractivity contribution in [3.8, 4) is 11.5 Å². The van der Waals surface area contributed by atoms with Gasteiger partial charge in [0, 0.05) is 6.54 Å². The van der Waals surface area contributed by atoms with E-state index in [1.54, 1.807) is 12.1 Å². The fraction of sp³-hybridized carbons (Fsp3) is 0.158. The molecule has 0 saturated carbocycles. The minimum atomic E-state index is -0.140. The molecule has 1 heterocycles. The van der Waals surface area contributed by atoms with Gasteiger partial charge in [-0.15, -0.1) is 10.2 Å². The van der Waals surface area contributed by atoms with Crippen LogP contribution in [0, 0.1) is 0 Å². The number of ether oxygens (including phenoxy) is 1. The molecule has 10 nitrogen and oxygen atoms in total. The summed E-state index contributed by atoms with van der Waals surface area (Å²) < 4.78 is 6.20. The van der Waals surface area contributed by atoms with Crippen LogP contribution in [0.3, 0.4) is 0 Å². The van der Waals surface area contributed by atoms with Crippen LogP contribution in [0.25, 0.3) is 0 Å². The summed E-state index contributed by atoms with van der Waals surface area (Å²) in [6.07, 6.45) is 1.48. The van der Waals surface area contributed by atoms with Gasteiger partial charge in [-0.3, -0.25) is 4.79 Å². The van der Waals surface area contributed by atoms with Crippen molar-refractivity contribution in [2.45, 2.75) is 11.7 Å². The van der Waals surface area contributed by atoms with Gasteiger partial charge in [-0.1, -0.05) is 42.1 Å². The summed E-state index contributed by atoms with van der Waals surface area (Å²) in [5, 5.41) is 24.8. The van der Waals surface area contributed by atoms with Crippen LogP contribution in [0.15, 0.2) is 58.8 Å². The molecule has 156 valence electrons. The van der Waals surface area contributed by atoms with Crippen LogP contribution >= 0.6 is 11.8 Å². The lowest BCUT2D eigenvalue weighted by molar-refractivity contribution is -0.118. The maximum Gasteiger partial charge on any atom is 0.264 e. The van der Waals surface area contributed by atoms with Gasteiger partial charge in [-0.2, -0.15) is 5.10 Å². The van der Waals surface area contributed by atoms with Gasteiger partial charge in [0.25, 0.3) is 5.95 Å². The molecule has 0 aliphatic heterocycles. The number of anilines is 1. The number of thioether (sulfide) groups is 1. The number of nitrogens with zero attached hydrogens (tertiary/aromatic N) is 4. The highest BCUT2D eigenvalue weighted by atomic mass is 32.2. The number of phenols is 1. The Morgan fingerprint density at radius 1 is 1.30 bits per heavy atom. The molecule has 2 aromatic carbocycles. The zero-order chi connectivity index (χ0) is 21.3. The van der Waals surface area contributed by atoms with Crippen molar-refractivity contribution in [3.05, 3.63) is 59.7 Å². The Hall–Kier alpha value is -3.73. The first-order valence-corrected chi connectivity index (χ1v) is 9.85. The van der Waals surface area contributed by atoms with Crippen LogP contribution in [0.1, 0.15) is 11.1 Å². The van der Waals surface area contributed by atoms with E-state index in [0.717, 1.165) is 17.3 Å². The first kappa shape index (κ1) is 21.0. The van der Waals surface area contributed by atoms with Crippen LogP contribution in [-0.2, 0) is 11.3 Å². The number of hydrazone groups is 1. The van der Waals surface area contributed by atoms with Crippen molar-refractivity contribution in [1.29, 1.82) is 0 Å². The third kappa shape index (κ3) is 5.64. The van der Waals surface area contributed by atoms with E-state index in [4.69, 9.17) is 10.6 Å². The van der Waals surface area contributed by atoms with Crippen LogP contribution < -0.4 is 21.3 Å². The summed E-state index contributed by atoms with van der Waals surface area (Å²) in [5.74, 6) is 6.53. The summed E-state index contributed by atoms with van der Waals surface area (Å²) in [6.45, 7) is 0.456. The number of methoxy groups -OCH3 is 1. The molecule has 1 amide bonds. The van der Waals surface area contributed by atoms with E-state index < -0.39 is 0 Å². The van der Waals surface area contributed by atoms with Crippen molar-refractivity contribution in [3.63, 3.8) is 0 Å². The van der Waals surface area contributed by atoms with Crippen LogP contribution in [0.5, 0.6) is 11.5 Å². The smallest absolute Gasteiger partial charge is 0.264 e. The zero-order valence-corrected chi connectivity index (χ0v) is 17.0. The number of aromatic nitrogens is 3. The largest absolute Gasteiger partial charge is 0.504 e. The summed E-state index contributed by atoms with van der Waals surface area (Å²) in [7, 11) is 1.47. The molecule has 0 atom stereocenters. The van der Waals surface area contributed by atoms with Gasteiger partial charge >= 0.3 is 0 Å². The van der Waals surface area contributed by atoms with Gasteiger partial charge in [0.15, 0.2) is 11.5 Å². The Labute approximate surface area is 177 Å². The Morgan fingerprint density at radius 3 is 2.83 bits per heavy atom. The molecule has 0 spiro atoms. The molecule has 0 saturated heterocycles. The Balaban J connectivity index is 1.49. The molecule has 3 rings (SSSR count). The monoisotopic (exact) mass is 427 g/mol. The molecule has 0 fully saturated rings. The van der Waals surface area contributed by atoms with Gasteiger partial charge in [0.1, 0.15) is 0 Å². The molecular formula is C19H21N7O3S. The third-order valence-electron chi connectivity index (χ3n) is 3.91. The number of phenolic OH excluding ortho intramolecular Hbond substituents is 1. The maximum atomic E-state index is 12.0. The molecule has 30 heavy (non-hydrogen) atoms. The molecule has 0 aliphatic rings. The molecule has 0 aliphatic carbocycles. The van der Waals surface area contributed by atoms with Gasteiger partial charge in [0.2, 0.25) is 11.1 Å². The Bertz CT molecular complexity index is 1020. The van der Waals surface area contributed by atoms with Crippen molar-refractivity contribution < 1.29 is 14.6 Å². The van der Waals surface area contributed by atoms with E-state index in [9.17, 15) is 9.90 Å². The average Bonchev–Trinajstić information content (AvgIpc) is 3.11. The second kappa shape index (κ2) is 10.2. The fourth-order valence-corrected chi connectivity index (χ4v) is 3.07. The van der Waals surface area contributed by atoms with E-state index in [2.05, 4.69) is 26.0 Å². The van der Waals surface area contributed by atoms with Crippen molar-refractivity contribution in [1.82, 2.24) is 20.2 Å². The topological polar surface area (TPSA) is 140 Å². The highest BCUT2D eigenvalue weighted by Gasteiger charge is 2.12. The predicted octanol–water partition coefficient (Wildman–Crippen LogP) is 1.56. The minimum Gasteiger partial charge on any atom is -0.504 e. The van der Waals surface area contributed by atoms with Crippen LogP contribution in [-0.4, -0.2) is 45.0 Å². The summed E-state index contributed by atoms with van der Waals surface area (Å²) in [6, 6.07) is 14.5. The number of nitrogen functional groups attached to an aromatic ring is 1. The van der Waals surface area contributed by atoms with Crippen LogP contribution in [0.4, 0.5) is 5.95 Å². The number of hydrogen-bond donors (Lipinski definition) is 4. The Morgan fingerprint density at radius 2 is 2.10 bits per heavy atom. The van der Waals surface area contributed by atoms with Crippen molar-refractivity contribution >= 4 is 29.8 Å². The molecule has 3 aromatic rings. The molecular weight excluding hydrogens is 406 g/mol. The highest BCUT2D eigenvalue weighted by molar-refractivity contribution is 7.99. The summed E-state index contributed by atoms with van der Waals surface area (Å²) in [4.78, 5) is 12.0. The number of aromatic hydroxyl groups is 1. The fourth-order valence-electron chi connectivity index (χ4n) is 2.38. The predicted molar refractivity (Wildman–Crippen MR) is 115 cm³/mol. The lowest BCUT2D eigenvalue weighted by atomic mass is 10.2. The average molecular weight is 427 g/mol. The van der Waals surface area contributed by atoms with Gasteiger partial charge in [-0.25, -0.2) is 10.1 Å². The number of carbonyl (C=O) groups is 1. The SMILES string of the molecule is COc1ccc(/C=N/Nc2nnc(SCC(=O)NCc3ccccc3)n2N)cc1O. The number of benzene rings is 2. The van der Waals surface area contributed by atoms with E-state index in [-0.39, 0.29) is 23.4 Å². The third-order valence-corrected chi connectivity index (χ3v) is 4.85. The molecule has 0 unspecified atom stereocenters. The van der Waals surface area contributed by atoms with E-state index >= 15 is 0 Å². The summed E-state index contributed by atoms with van der Waals surface area (Å²) >= 11 is 1.16. The van der Waals surface area contributed by atoms with Gasteiger partial charge < -0.3 is 21.0 Å². The minimum absolute atomic E-state index is 0.00710. The second-order valence-corrected chi connectivity index (χ2v) is 6.97. The normalized spacial score (nSPS) is 10.8. The lowest BCUT2D eigenvalue weighted by Crippen LogP contribution is -2.25. The molecule has 5 N–H and O–H groups in total. The van der Waals surface area contributed by atoms with Crippen molar-refractivity contribution in [2.75, 3.05) is 24.1 Å². The molecule has 11 heteroatoms. The number of rotatable bonds is 9. The summed E-state index contributed by atoms with van der Waals surface area (Å²) in [5.41, 5.74) is 4.34.